The maximum absolute atomic E-state index is 13.7. The Morgan fingerprint density at radius 2 is 1.74 bits per heavy atom. The highest BCUT2D eigenvalue weighted by molar-refractivity contribution is 5.56. The highest BCUT2D eigenvalue weighted by atomic mass is 19.4. The summed E-state index contributed by atoms with van der Waals surface area (Å²) in [4.78, 5) is 1.10. The molecule has 2 N–H and O–H groups in total. The molecule has 1 aromatic rings. The third kappa shape index (κ3) is 2.90. The number of benzene rings is 1. The third-order valence-electron chi connectivity index (χ3n) is 3.24. The molecule has 0 spiro atoms. The van der Waals surface area contributed by atoms with Crippen molar-refractivity contribution in [3.8, 4) is 0 Å². The molecule has 2 rings (SSSR count). The topological polar surface area (TPSA) is 29.3 Å². The highest BCUT2D eigenvalue weighted by Crippen LogP contribution is 2.36. The van der Waals surface area contributed by atoms with Crippen LogP contribution in [-0.4, -0.2) is 19.3 Å². The van der Waals surface area contributed by atoms with Gasteiger partial charge in [0.15, 0.2) is 11.6 Å². The number of nitrogens with zero attached hydrogens (tertiary/aromatic N) is 1. The summed E-state index contributed by atoms with van der Waals surface area (Å²) in [7, 11) is 0. The molecular weight excluding hydrogens is 267 g/mol. The van der Waals surface area contributed by atoms with E-state index in [0.29, 0.717) is 0 Å². The first-order valence-electron chi connectivity index (χ1n) is 5.85. The molecule has 0 bridgehead atoms. The SMILES string of the molecule is Nc1cc(F)c(N2CCCC(C(F)(F)F)C2)c(F)c1. The van der Waals surface area contributed by atoms with Gasteiger partial charge in [0.25, 0.3) is 0 Å². The number of piperidine rings is 1. The summed E-state index contributed by atoms with van der Waals surface area (Å²) in [6.45, 7) is -0.231. The first kappa shape index (κ1) is 13.9. The van der Waals surface area contributed by atoms with Crippen LogP contribution in [0.5, 0.6) is 0 Å². The zero-order valence-electron chi connectivity index (χ0n) is 9.97. The van der Waals surface area contributed by atoms with Crippen molar-refractivity contribution in [3.05, 3.63) is 23.8 Å². The van der Waals surface area contributed by atoms with Crippen molar-refractivity contribution in [3.63, 3.8) is 0 Å². The number of alkyl halides is 3. The second-order valence-corrected chi connectivity index (χ2v) is 4.66. The number of halogens is 5. The predicted molar refractivity (Wildman–Crippen MR) is 61.8 cm³/mol. The van der Waals surface area contributed by atoms with Crippen LogP contribution in [0.25, 0.3) is 0 Å². The van der Waals surface area contributed by atoms with Crippen LogP contribution in [0.15, 0.2) is 12.1 Å². The van der Waals surface area contributed by atoms with Gasteiger partial charge in [0, 0.05) is 18.8 Å². The molecule has 1 aromatic carbocycles. The minimum atomic E-state index is -4.35. The normalized spacial score (nSPS) is 20.7. The van der Waals surface area contributed by atoms with Gasteiger partial charge in [0.2, 0.25) is 0 Å². The molecule has 0 aromatic heterocycles. The van der Waals surface area contributed by atoms with Crippen molar-refractivity contribution in [2.45, 2.75) is 19.0 Å². The standard InChI is InChI=1S/C12H13F5N2/c13-9-4-8(18)5-10(14)11(9)19-3-1-2-7(6-19)12(15,16)17/h4-5,7H,1-3,6,18H2. The first-order valence-corrected chi connectivity index (χ1v) is 5.85. The molecule has 1 aliphatic heterocycles. The van der Waals surface area contributed by atoms with E-state index in [1.807, 2.05) is 0 Å². The number of nitrogen functional groups attached to an aromatic ring is 1. The zero-order chi connectivity index (χ0) is 14.2. The average molecular weight is 280 g/mol. The molecule has 0 aliphatic carbocycles. The van der Waals surface area contributed by atoms with E-state index in [2.05, 4.69) is 0 Å². The lowest BCUT2D eigenvalue weighted by Gasteiger charge is -2.35. The number of hydrogen-bond acceptors (Lipinski definition) is 2. The van der Waals surface area contributed by atoms with Crippen molar-refractivity contribution in [1.29, 1.82) is 0 Å². The van der Waals surface area contributed by atoms with Gasteiger partial charge in [-0.3, -0.25) is 0 Å². The Hall–Kier alpha value is -1.53. The van der Waals surface area contributed by atoms with Gasteiger partial charge in [0.1, 0.15) is 5.69 Å². The minimum Gasteiger partial charge on any atom is -0.399 e. The van der Waals surface area contributed by atoms with E-state index in [4.69, 9.17) is 5.73 Å². The van der Waals surface area contributed by atoms with Crippen molar-refractivity contribution >= 4 is 11.4 Å². The summed E-state index contributed by atoms with van der Waals surface area (Å²) in [5.41, 5.74) is 4.75. The quantitative estimate of drug-likeness (QED) is 0.631. The number of nitrogens with two attached hydrogens (primary N) is 1. The van der Waals surface area contributed by atoms with E-state index < -0.39 is 36.0 Å². The van der Waals surface area contributed by atoms with E-state index in [1.54, 1.807) is 0 Å². The van der Waals surface area contributed by atoms with Crippen molar-refractivity contribution in [2.24, 2.45) is 5.92 Å². The van der Waals surface area contributed by atoms with Crippen LogP contribution in [0.3, 0.4) is 0 Å². The van der Waals surface area contributed by atoms with E-state index in [-0.39, 0.29) is 25.1 Å². The van der Waals surface area contributed by atoms with Crippen LogP contribution >= 0.6 is 0 Å². The van der Waals surface area contributed by atoms with Crippen molar-refractivity contribution in [2.75, 3.05) is 23.7 Å². The average Bonchev–Trinajstić information content (AvgIpc) is 2.26. The lowest BCUT2D eigenvalue weighted by Crippen LogP contribution is -2.42. The molecule has 1 atom stereocenters. The molecule has 1 fully saturated rings. The maximum Gasteiger partial charge on any atom is 0.393 e. The van der Waals surface area contributed by atoms with E-state index >= 15 is 0 Å². The molecule has 1 unspecified atom stereocenters. The van der Waals surface area contributed by atoms with Gasteiger partial charge in [-0.25, -0.2) is 8.78 Å². The molecule has 0 amide bonds. The molecular formula is C12H13F5N2. The molecule has 7 heteroatoms. The van der Waals surface area contributed by atoms with Crippen molar-refractivity contribution in [1.82, 2.24) is 0 Å². The Labute approximate surface area is 107 Å². The largest absolute Gasteiger partial charge is 0.399 e. The lowest BCUT2D eigenvalue weighted by molar-refractivity contribution is -0.176. The summed E-state index contributed by atoms with van der Waals surface area (Å²) < 4.78 is 65.3. The second kappa shape index (κ2) is 4.86. The van der Waals surface area contributed by atoms with E-state index in [0.717, 1.165) is 17.0 Å². The van der Waals surface area contributed by atoms with E-state index in [1.165, 1.54) is 0 Å². The number of anilines is 2. The van der Waals surface area contributed by atoms with Gasteiger partial charge < -0.3 is 10.6 Å². The fraction of sp³-hybridized carbons (Fsp3) is 0.500. The van der Waals surface area contributed by atoms with Gasteiger partial charge >= 0.3 is 6.18 Å². The molecule has 1 saturated heterocycles. The van der Waals surface area contributed by atoms with Gasteiger partial charge in [-0.2, -0.15) is 13.2 Å². The van der Waals surface area contributed by atoms with Gasteiger partial charge in [-0.1, -0.05) is 0 Å². The highest BCUT2D eigenvalue weighted by Gasteiger charge is 2.42. The third-order valence-corrected chi connectivity index (χ3v) is 3.24. The Balaban J connectivity index is 2.27. The van der Waals surface area contributed by atoms with Crippen LogP contribution in [0.2, 0.25) is 0 Å². The summed E-state index contributed by atoms with van der Waals surface area (Å²) in [6.07, 6.45) is -4.12. The Kier molecular flexibility index (Phi) is 3.56. The fourth-order valence-corrected chi connectivity index (χ4v) is 2.33. The Morgan fingerprint density at radius 1 is 1.16 bits per heavy atom. The molecule has 0 radical (unpaired) electrons. The Morgan fingerprint density at radius 3 is 2.26 bits per heavy atom. The molecule has 106 valence electrons. The van der Waals surface area contributed by atoms with Crippen LogP contribution in [0.4, 0.5) is 33.3 Å². The van der Waals surface area contributed by atoms with Crippen LogP contribution in [-0.2, 0) is 0 Å². The van der Waals surface area contributed by atoms with Gasteiger partial charge in [-0.15, -0.1) is 0 Å². The van der Waals surface area contributed by atoms with Gasteiger partial charge in [-0.05, 0) is 25.0 Å². The van der Waals surface area contributed by atoms with E-state index in [9.17, 15) is 22.0 Å². The van der Waals surface area contributed by atoms with Crippen LogP contribution in [0, 0.1) is 17.6 Å². The molecule has 1 aliphatic rings. The molecule has 19 heavy (non-hydrogen) atoms. The van der Waals surface area contributed by atoms with Crippen LogP contribution in [0.1, 0.15) is 12.8 Å². The minimum absolute atomic E-state index is 0.0157. The summed E-state index contributed by atoms with van der Waals surface area (Å²) in [5, 5.41) is 0. The summed E-state index contributed by atoms with van der Waals surface area (Å²) in [6, 6.07) is 1.82. The predicted octanol–water partition coefficient (Wildman–Crippen LogP) is 3.33. The number of rotatable bonds is 1. The number of hydrogen-bond donors (Lipinski definition) is 1. The monoisotopic (exact) mass is 280 g/mol. The summed E-state index contributed by atoms with van der Waals surface area (Å²) in [5.74, 6) is -3.42. The maximum atomic E-state index is 13.7. The fourth-order valence-electron chi connectivity index (χ4n) is 2.33. The van der Waals surface area contributed by atoms with Crippen LogP contribution < -0.4 is 10.6 Å². The van der Waals surface area contributed by atoms with Crippen molar-refractivity contribution < 1.29 is 22.0 Å². The smallest absolute Gasteiger partial charge is 0.393 e. The first-order chi connectivity index (χ1) is 8.79. The molecule has 2 nitrogen and oxygen atoms in total. The molecule has 0 saturated carbocycles. The van der Waals surface area contributed by atoms with Gasteiger partial charge in [0.05, 0.1) is 5.92 Å². The lowest BCUT2D eigenvalue weighted by atomic mass is 9.97. The summed E-state index contributed by atoms with van der Waals surface area (Å²) >= 11 is 0. The zero-order valence-corrected chi connectivity index (χ0v) is 9.97. The molecule has 1 heterocycles. The Bertz CT molecular complexity index is 449. The second-order valence-electron chi connectivity index (χ2n) is 4.66.